The van der Waals surface area contributed by atoms with E-state index >= 15 is 0 Å². The summed E-state index contributed by atoms with van der Waals surface area (Å²) in [6.07, 6.45) is -13.1. The second-order valence-electron chi connectivity index (χ2n) is 34.3. The van der Waals surface area contributed by atoms with E-state index in [1.54, 1.807) is 0 Å². The van der Waals surface area contributed by atoms with E-state index in [4.69, 9.17) is 0 Å². The number of carboxylic acid groups (broad SMARTS) is 12. The van der Waals surface area contributed by atoms with Crippen LogP contribution in [0, 0.1) is 160 Å². The maximum Gasteiger partial charge on any atom is 3.00 e. The molecule has 36 nitrogen and oxygen atoms in total. The largest absolute Gasteiger partial charge is 3.00 e. The van der Waals surface area contributed by atoms with Gasteiger partial charge in [-0.25, -0.2) is 0 Å². The van der Waals surface area contributed by atoms with Crippen molar-refractivity contribution in [1.82, 2.24) is 58.8 Å². The van der Waals surface area contributed by atoms with E-state index in [1.807, 2.05) is 332 Å². The second-order valence-corrected chi connectivity index (χ2v) is 34.3. The summed E-state index contributed by atoms with van der Waals surface area (Å²) in [5.41, 5.74) is 0. The van der Waals surface area contributed by atoms with Gasteiger partial charge in [0.25, 0.3) is 0 Å². The SMILES string of the molecule is CC(C)N(C(=O)[O-])C(C)C.CC(C)N(C(=O)[O-])C(C)C.CC(C)N(C(=O)[O-])C(C)C.CC(C)N(C(=O)[O-])C(C)C.CC(C)N(C(=O)[O-])C(C)C.CC(C)N(C(=O)[O-])C(C)C.CC(C)N(C(=O)[O-])C(C)C.CC(C)N(C(=O)[O-])C(C)C.CC(C)N(C(=O)[O-])C(C)C.CC(C)N(C(=O)[O-])C(C)C.CC(C)N(C(=O)[O-])C(C)C.CC(C)N(C(=O)[O-])C(C)C.[Gd+3].[Gd+3].[Gd+3].[Gd+3]. The van der Waals surface area contributed by atoms with Crippen LogP contribution < -0.4 is 61.3 Å². The topological polar surface area (TPSA) is 520 Å². The molecule has 0 aromatic rings. The van der Waals surface area contributed by atoms with Gasteiger partial charge < -0.3 is 178 Å². The van der Waals surface area contributed by atoms with E-state index in [9.17, 15) is 119 Å². The van der Waals surface area contributed by atoms with Gasteiger partial charge in [-0.1, -0.05) is 0 Å². The van der Waals surface area contributed by atoms with Crippen LogP contribution in [0.4, 0.5) is 57.5 Å². The van der Waals surface area contributed by atoms with Gasteiger partial charge in [0.1, 0.15) is 73.1 Å². The van der Waals surface area contributed by atoms with E-state index in [1.165, 1.54) is 58.8 Å². The van der Waals surface area contributed by atoms with E-state index in [-0.39, 0.29) is 305 Å². The van der Waals surface area contributed by atoms with Crippen molar-refractivity contribution in [1.29, 1.82) is 0 Å². The fourth-order valence-corrected chi connectivity index (χ4v) is 12.2. The number of hydrogen-bond donors (Lipinski definition) is 0. The Bertz CT molecular complexity index is 2020. The molecule has 0 aromatic carbocycles. The van der Waals surface area contributed by atoms with Gasteiger partial charge in [-0.15, -0.1) is 0 Å². The van der Waals surface area contributed by atoms with Crippen molar-refractivity contribution in [2.24, 2.45) is 0 Å². The van der Waals surface area contributed by atoms with E-state index in [0.717, 1.165) is 0 Å². The summed E-state index contributed by atoms with van der Waals surface area (Å²) < 4.78 is 0. The van der Waals surface area contributed by atoms with Crippen LogP contribution in [0.15, 0.2) is 0 Å². The molecule has 0 unspecified atom stereocenters. The maximum atomic E-state index is 10.4. The number of carbonyl (C=O) groups excluding carboxylic acids is 12. The second kappa shape index (κ2) is 85.0. The van der Waals surface area contributed by atoms with Crippen molar-refractivity contribution in [3.8, 4) is 0 Å². The first-order chi connectivity index (χ1) is 53.6. The first-order valence-electron chi connectivity index (χ1n) is 41.5. The predicted octanol–water partition coefficient (Wildman–Crippen LogP) is 5.38. The van der Waals surface area contributed by atoms with Gasteiger partial charge in [0.15, 0.2) is 0 Å². The smallest absolute Gasteiger partial charge is 0.530 e. The fraction of sp³-hybridized carbons (Fsp3) is 0.857. The molecule has 12 amide bonds. The molecule has 4 radical (unpaired) electrons. The summed E-state index contributed by atoms with van der Waals surface area (Å²) >= 11 is 0. The summed E-state index contributed by atoms with van der Waals surface area (Å²) in [7, 11) is 0. The Balaban J connectivity index is -0.0000000731. The first-order valence-corrected chi connectivity index (χ1v) is 41.5. The number of nitrogens with zero attached hydrogens (tertiary/aromatic N) is 12. The van der Waals surface area contributed by atoms with Crippen LogP contribution in [-0.4, -0.2) is 277 Å². The molecule has 0 saturated carbocycles. The zero-order valence-electron chi connectivity index (χ0n) is 84.4. The zero-order valence-corrected chi connectivity index (χ0v) is 93.5. The van der Waals surface area contributed by atoms with Gasteiger partial charge in [-0.2, -0.15) is 0 Å². The van der Waals surface area contributed by atoms with Gasteiger partial charge in [-0.3, -0.25) is 0 Å². The molecule has 0 spiro atoms. The Hall–Kier alpha value is -3.46. The third-order valence-corrected chi connectivity index (χ3v) is 15.9. The zero-order chi connectivity index (χ0) is 99.7. The third-order valence-electron chi connectivity index (χ3n) is 15.9. The molecule has 0 aliphatic carbocycles. The van der Waals surface area contributed by atoms with Crippen molar-refractivity contribution in [3.63, 3.8) is 0 Å². The normalized spacial score (nSPS) is 10.3. The van der Waals surface area contributed by atoms with Crippen LogP contribution in [0.2, 0.25) is 0 Å². The molecule has 0 aliphatic heterocycles. The molecule has 0 aliphatic rings. The quantitative estimate of drug-likeness (QED) is 0.117. The Labute approximate surface area is 877 Å². The van der Waals surface area contributed by atoms with Crippen LogP contribution in [-0.2, 0) is 0 Å². The monoisotopic (exact) mass is 2360 g/mol. The molecule has 0 rings (SSSR count). The van der Waals surface area contributed by atoms with Crippen molar-refractivity contribution in [2.75, 3.05) is 0 Å². The summed E-state index contributed by atoms with van der Waals surface area (Å²) in [5.74, 6) is 0. The van der Waals surface area contributed by atoms with Crippen molar-refractivity contribution >= 4 is 73.1 Å². The Morgan fingerprint density at radius 3 is 0.129 bits per heavy atom. The minimum Gasteiger partial charge on any atom is -0.530 e. The number of hydrogen-bond acceptors (Lipinski definition) is 24. The third kappa shape index (κ3) is 82.9. The van der Waals surface area contributed by atoms with Crippen molar-refractivity contribution in [2.45, 2.75) is 477 Å². The average molecular weight is 2360 g/mol. The summed E-state index contributed by atoms with van der Waals surface area (Å²) in [6, 6.07) is 0.111. The predicted molar refractivity (Wildman–Crippen MR) is 450 cm³/mol. The van der Waals surface area contributed by atoms with Crippen LogP contribution in [0.1, 0.15) is 332 Å². The number of carbonyl (C=O) groups is 12. The minimum atomic E-state index is -1.09. The number of amides is 12. The van der Waals surface area contributed by atoms with Crippen LogP contribution >= 0.6 is 0 Å². The Kier molecular flexibility index (Phi) is 108. The van der Waals surface area contributed by atoms with Gasteiger partial charge in [-0.05, 0) is 332 Å². The minimum absolute atomic E-state index is 0. The molecule has 0 aromatic heterocycles. The van der Waals surface area contributed by atoms with Crippen LogP contribution in [0.5, 0.6) is 0 Å². The van der Waals surface area contributed by atoms with E-state index in [2.05, 4.69) is 0 Å². The van der Waals surface area contributed by atoms with Crippen molar-refractivity contribution in [3.05, 3.63) is 0 Å². The van der Waals surface area contributed by atoms with Crippen LogP contribution in [0.3, 0.4) is 0 Å². The van der Waals surface area contributed by atoms with Gasteiger partial charge in [0.05, 0.1) is 0 Å². The summed E-state index contributed by atoms with van der Waals surface area (Å²) in [6.45, 7) is 87.8. The first kappa shape index (κ1) is 158. The van der Waals surface area contributed by atoms with Gasteiger partial charge in [0.2, 0.25) is 0 Å². The molecule has 0 bridgehead atoms. The maximum absolute atomic E-state index is 10.4. The van der Waals surface area contributed by atoms with Gasteiger partial charge in [0, 0.05) is 145 Å². The number of rotatable bonds is 24. The fourth-order valence-electron chi connectivity index (χ4n) is 12.2. The molecule has 0 atom stereocenters. The molecule has 740 valence electrons. The molecule has 0 heterocycles. The molecule has 40 heteroatoms. The summed E-state index contributed by atoms with van der Waals surface area (Å²) in [4.78, 5) is 140. The molecule has 124 heavy (non-hydrogen) atoms. The van der Waals surface area contributed by atoms with E-state index in [0.29, 0.717) is 0 Å². The van der Waals surface area contributed by atoms with Crippen molar-refractivity contribution < 1.29 is 279 Å². The van der Waals surface area contributed by atoms with Gasteiger partial charge >= 0.3 is 160 Å². The summed E-state index contributed by atoms with van der Waals surface area (Å²) in [5, 5.41) is 125. The molecular weight excluding hydrogens is 2190 g/mol. The molecular formula is C84H168Gd4N12O24. The van der Waals surface area contributed by atoms with Crippen LogP contribution in [0.25, 0.3) is 0 Å². The molecule has 0 N–H and O–H groups in total. The standard InChI is InChI=1S/12C7H15NO2.4Gd/c12*1-5(2)8(6(3)4)7(9)10;;;;/h12*5-6H,1-4H3,(H,9,10);;;;/q;;;;;;;;;;;;4*+3/p-12. The Morgan fingerprint density at radius 2 is 0.129 bits per heavy atom. The Morgan fingerprint density at radius 1 is 0.105 bits per heavy atom. The molecule has 0 saturated heterocycles. The van der Waals surface area contributed by atoms with E-state index < -0.39 is 73.1 Å². The molecule has 0 fully saturated rings. The average Bonchev–Trinajstić information content (AvgIpc) is 1.03.